The van der Waals surface area contributed by atoms with E-state index in [0.29, 0.717) is 10.5 Å². The highest BCUT2D eigenvalue weighted by atomic mass is 32.2. The zero-order valence-corrected chi connectivity index (χ0v) is 12.2. The molecule has 102 valence electrons. The van der Waals surface area contributed by atoms with Crippen molar-refractivity contribution in [2.45, 2.75) is 24.7 Å². The van der Waals surface area contributed by atoms with Crippen LogP contribution in [-0.2, 0) is 0 Å². The van der Waals surface area contributed by atoms with Gasteiger partial charge in [-0.15, -0.1) is 11.8 Å². The largest absolute Gasteiger partial charge is 0.206 e. The summed E-state index contributed by atoms with van der Waals surface area (Å²) in [5.74, 6) is 0.775. The van der Waals surface area contributed by atoms with E-state index in [1.807, 2.05) is 24.3 Å². The van der Waals surface area contributed by atoms with Crippen LogP contribution in [0.2, 0.25) is 0 Å². The number of hydrogen-bond donors (Lipinski definition) is 0. The minimum atomic E-state index is -0.173. The van der Waals surface area contributed by atoms with Crippen molar-refractivity contribution < 1.29 is 4.39 Å². The second-order valence-corrected chi connectivity index (χ2v) is 5.67. The van der Waals surface area contributed by atoms with Crippen LogP contribution < -0.4 is 0 Å². The number of nitrogens with zero attached hydrogens (tertiary/aromatic N) is 1. The molecule has 2 aromatic rings. The average molecular weight is 285 g/mol. The van der Waals surface area contributed by atoms with Crippen LogP contribution in [0.25, 0.3) is 11.1 Å². The summed E-state index contributed by atoms with van der Waals surface area (Å²) < 4.78 is 14.0. The lowest BCUT2D eigenvalue weighted by Crippen LogP contribution is -1.86. The van der Waals surface area contributed by atoms with Crippen LogP contribution >= 0.6 is 11.8 Å². The van der Waals surface area contributed by atoms with Crippen LogP contribution in [0.1, 0.15) is 25.3 Å². The van der Waals surface area contributed by atoms with Gasteiger partial charge in [-0.2, -0.15) is 5.26 Å². The van der Waals surface area contributed by atoms with Gasteiger partial charge in [0.1, 0.15) is 5.82 Å². The summed E-state index contributed by atoms with van der Waals surface area (Å²) in [7, 11) is 0. The summed E-state index contributed by atoms with van der Waals surface area (Å²) in [5, 5.41) is 8.77. The number of benzene rings is 2. The van der Waals surface area contributed by atoms with Crippen LogP contribution in [0.4, 0.5) is 4.39 Å². The SMILES string of the molecule is CCCCSc1ccc(-c2ccc(C#N)cc2)cc1F. The summed E-state index contributed by atoms with van der Waals surface area (Å²) in [6.07, 6.45) is 2.22. The third-order valence-corrected chi connectivity index (χ3v) is 4.17. The minimum Gasteiger partial charge on any atom is -0.206 e. The number of thioether (sulfide) groups is 1. The molecule has 3 heteroatoms. The van der Waals surface area contributed by atoms with E-state index in [2.05, 4.69) is 13.0 Å². The molecule has 0 fully saturated rings. The van der Waals surface area contributed by atoms with E-state index in [1.165, 1.54) is 0 Å². The predicted molar refractivity (Wildman–Crippen MR) is 82.2 cm³/mol. The molecule has 0 spiro atoms. The predicted octanol–water partition coefficient (Wildman–Crippen LogP) is 5.26. The molecule has 1 nitrogen and oxygen atoms in total. The van der Waals surface area contributed by atoms with Gasteiger partial charge >= 0.3 is 0 Å². The fourth-order valence-corrected chi connectivity index (χ4v) is 2.88. The standard InChI is InChI=1S/C17H16FNS/c1-2-3-10-20-17-9-8-15(11-16(17)18)14-6-4-13(12-19)5-7-14/h4-9,11H,2-3,10H2,1H3. The van der Waals surface area contributed by atoms with Crippen LogP contribution in [0.15, 0.2) is 47.4 Å². The van der Waals surface area contributed by atoms with Crippen molar-refractivity contribution in [2.24, 2.45) is 0 Å². The van der Waals surface area contributed by atoms with Crippen LogP contribution in [0.5, 0.6) is 0 Å². The van der Waals surface area contributed by atoms with Crippen LogP contribution in [0, 0.1) is 17.1 Å². The lowest BCUT2D eigenvalue weighted by molar-refractivity contribution is 0.602. The Labute approximate surface area is 123 Å². The van der Waals surface area contributed by atoms with Gasteiger partial charge in [0.2, 0.25) is 0 Å². The van der Waals surface area contributed by atoms with E-state index in [9.17, 15) is 4.39 Å². The van der Waals surface area contributed by atoms with Crippen molar-refractivity contribution in [1.82, 2.24) is 0 Å². The molecule has 0 atom stereocenters. The van der Waals surface area contributed by atoms with Crippen molar-refractivity contribution in [2.75, 3.05) is 5.75 Å². The van der Waals surface area contributed by atoms with E-state index in [4.69, 9.17) is 5.26 Å². The van der Waals surface area contributed by atoms with Gasteiger partial charge in [-0.1, -0.05) is 31.5 Å². The Kier molecular flexibility index (Phi) is 5.20. The van der Waals surface area contributed by atoms with Gasteiger partial charge in [0.15, 0.2) is 0 Å². The molecule has 0 radical (unpaired) electrons. The van der Waals surface area contributed by atoms with Gasteiger partial charge in [-0.25, -0.2) is 4.39 Å². The van der Waals surface area contributed by atoms with Crippen LogP contribution in [0.3, 0.4) is 0 Å². The van der Waals surface area contributed by atoms with Gasteiger partial charge in [-0.3, -0.25) is 0 Å². The summed E-state index contributed by atoms with van der Waals surface area (Å²) in [4.78, 5) is 0.704. The van der Waals surface area contributed by atoms with Crippen LogP contribution in [-0.4, -0.2) is 5.75 Å². The molecule has 0 aromatic heterocycles. The highest BCUT2D eigenvalue weighted by Gasteiger charge is 2.05. The molecular formula is C17H16FNS. The molecule has 2 rings (SSSR count). The summed E-state index contributed by atoms with van der Waals surface area (Å²) in [6.45, 7) is 2.13. The van der Waals surface area contributed by atoms with Crippen molar-refractivity contribution in [1.29, 1.82) is 5.26 Å². The Morgan fingerprint density at radius 1 is 1.10 bits per heavy atom. The molecule has 0 saturated heterocycles. The Balaban J connectivity index is 2.17. The first-order chi connectivity index (χ1) is 9.74. The molecule has 0 aliphatic rings. The average Bonchev–Trinajstić information content (AvgIpc) is 2.49. The summed E-state index contributed by atoms with van der Waals surface area (Å²) >= 11 is 1.56. The fourth-order valence-electron chi connectivity index (χ4n) is 1.86. The van der Waals surface area contributed by atoms with Crippen molar-refractivity contribution in [3.63, 3.8) is 0 Å². The first-order valence-electron chi connectivity index (χ1n) is 6.67. The second-order valence-electron chi connectivity index (χ2n) is 4.54. The van der Waals surface area contributed by atoms with Gasteiger partial charge in [-0.05, 0) is 47.6 Å². The van der Waals surface area contributed by atoms with Gasteiger partial charge in [0.05, 0.1) is 11.6 Å². The van der Waals surface area contributed by atoms with Crippen molar-refractivity contribution in [3.8, 4) is 17.2 Å². The monoisotopic (exact) mass is 285 g/mol. The van der Waals surface area contributed by atoms with E-state index < -0.39 is 0 Å². The highest BCUT2D eigenvalue weighted by Crippen LogP contribution is 2.28. The molecule has 0 aliphatic carbocycles. The maximum atomic E-state index is 14.0. The lowest BCUT2D eigenvalue weighted by Gasteiger charge is -2.06. The summed E-state index contributed by atoms with van der Waals surface area (Å²) in [5.41, 5.74) is 2.38. The van der Waals surface area contributed by atoms with Crippen molar-refractivity contribution in [3.05, 3.63) is 53.8 Å². The van der Waals surface area contributed by atoms with E-state index >= 15 is 0 Å². The number of halogens is 1. The topological polar surface area (TPSA) is 23.8 Å². The molecule has 0 saturated carbocycles. The zero-order chi connectivity index (χ0) is 14.4. The van der Waals surface area contributed by atoms with E-state index in [1.54, 1.807) is 30.0 Å². The fraction of sp³-hybridized carbons (Fsp3) is 0.235. The first-order valence-corrected chi connectivity index (χ1v) is 7.66. The summed E-state index contributed by atoms with van der Waals surface area (Å²) in [6, 6.07) is 14.6. The molecule has 0 N–H and O–H groups in total. The maximum absolute atomic E-state index is 14.0. The number of nitriles is 1. The highest BCUT2D eigenvalue weighted by molar-refractivity contribution is 7.99. The molecule has 0 heterocycles. The number of unbranched alkanes of at least 4 members (excludes halogenated alkanes) is 1. The van der Waals surface area contributed by atoms with Gasteiger partial charge in [0.25, 0.3) is 0 Å². The lowest BCUT2D eigenvalue weighted by atomic mass is 10.0. The Hall–Kier alpha value is -1.79. The number of rotatable bonds is 5. The van der Waals surface area contributed by atoms with E-state index in [-0.39, 0.29) is 5.82 Å². The normalized spacial score (nSPS) is 10.2. The molecule has 20 heavy (non-hydrogen) atoms. The Morgan fingerprint density at radius 3 is 2.40 bits per heavy atom. The molecule has 0 amide bonds. The smallest absolute Gasteiger partial charge is 0.137 e. The molecule has 0 aliphatic heterocycles. The second kappa shape index (κ2) is 7.12. The van der Waals surface area contributed by atoms with E-state index in [0.717, 1.165) is 29.7 Å². The quantitative estimate of drug-likeness (QED) is 0.553. The Bertz CT molecular complexity index is 614. The van der Waals surface area contributed by atoms with Gasteiger partial charge < -0.3 is 0 Å². The first kappa shape index (κ1) is 14.6. The zero-order valence-electron chi connectivity index (χ0n) is 11.4. The maximum Gasteiger partial charge on any atom is 0.137 e. The molecule has 0 unspecified atom stereocenters. The Morgan fingerprint density at radius 2 is 1.80 bits per heavy atom. The van der Waals surface area contributed by atoms with Gasteiger partial charge in [0, 0.05) is 4.90 Å². The van der Waals surface area contributed by atoms with Crippen molar-refractivity contribution >= 4 is 11.8 Å². The minimum absolute atomic E-state index is 0.173. The molecule has 0 bridgehead atoms. The molecule has 2 aromatic carbocycles. The third-order valence-electron chi connectivity index (χ3n) is 3.03. The third kappa shape index (κ3) is 3.61. The molecular weight excluding hydrogens is 269 g/mol. The number of hydrogen-bond acceptors (Lipinski definition) is 2.